The van der Waals surface area contributed by atoms with Crippen LogP contribution in [-0.2, 0) is 6.42 Å². The van der Waals surface area contributed by atoms with E-state index in [0.29, 0.717) is 6.04 Å². The van der Waals surface area contributed by atoms with Crippen LogP contribution in [0.15, 0.2) is 36.5 Å². The van der Waals surface area contributed by atoms with Gasteiger partial charge in [-0.05, 0) is 30.7 Å². The molecule has 2 aromatic rings. The number of aromatic nitrogens is 1. The Morgan fingerprint density at radius 3 is 3.19 bits per heavy atom. The molecule has 2 aliphatic rings. The minimum Gasteiger partial charge on any atom is -0.369 e. The van der Waals surface area contributed by atoms with Crippen molar-refractivity contribution in [1.82, 2.24) is 9.88 Å². The van der Waals surface area contributed by atoms with Crippen molar-refractivity contribution < 1.29 is 0 Å². The quantitative estimate of drug-likeness (QED) is 0.708. The maximum Gasteiger partial charge on any atom is 0.0724 e. The summed E-state index contributed by atoms with van der Waals surface area (Å²) in [6, 6.07) is 9.23. The molecule has 16 heavy (non-hydrogen) atoms. The molecule has 0 saturated heterocycles. The van der Waals surface area contributed by atoms with E-state index in [1.165, 1.54) is 23.0 Å². The molecule has 1 aromatic carbocycles. The fourth-order valence-electron chi connectivity index (χ4n) is 3.09. The molecule has 0 saturated carbocycles. The minimum atomic E-state index is 0.566. The van der Waals surface area contributed by atoms with Gasteiger partial charge in [-0.15, -0.1) is 0 Å². The van der Waals surface area contributed by atoms with Crippen LogP contribution in [0.2, 0.25) is 0 Å². The highest BCUT2D eigenvalue weighted by Crippen LogP contribution is 2.38. The Morgan fingerprint density at radius 2 is 2.19 bits per heavy atom. The van der Waals surface area contributed by atoms with E-state index in [1.54, 1.807) is 5.56 Å². The average Bonchev–Trinajstić information content (AvgIpc) is 2.92. The third-order valence-electron chi connectivity index (χ3n) is 3.86. The van der Waals surface area contributed by atoms with E-state index in [0.717, 1.165) is 13.0 Å². The molecule has 1 N–H and O–H groups in total. The summed E-state index contributed by atoms with van der Waals surface area (Å²) in [4.78, 5) is 6.06. The van der Waals surface area contributed by atoms with Gasteiger partial charge in [0.25, 0.3) is 0 Å². The average molecular weight is 210 g/mol. The second-order valence-corrected chi connectivity index (χ2v) is 4.69. The Hall–Kier alpha value is -1.70. The Morgan fingerprint density at radius 1 is 1.25 bits per heavy atom. The van der Waals surface area contributed by atoms with Crippen LogP contribution in [-0.4, -0.2) is 16.4 Å². The van der Waals surface area contributed by atoms with Gasteiger partial charge in [0, 0.05) is 23.1 Å². The third kappa shape index (κ3) is 0.967. The van der Waals surface area contributed by atoms with Gasteiger partial charge in [0.1, 0.15) is 0 Å². The van der Waals surface area contributed by atoms with E-state index in [1.807, 2.05) is 0 Å². The minimum absolute atomic E-state index is 0.566. The van der Waals surface area contributed by atoms with Gasteiger partial charge in [-0.25, -0.2) is 0 Å². The van der Waals surface area contributed by atoms with Crippen LogP contribution in [0.5, 0.6) is 0 Å². The van der Waals surface area contributed by atoms with Crippen LogP contribution in [0.3, 0.4) is 0 Å². The first-order valence-electron chi connectivity index (χ1n) is 5.95. The van der Waals surface area contributed by atoms with Crippen LogP contribution in [0.4, 0.5) is 0 Å². The van der Waals surface area contributed by atoms with Crippen molar-refractivity contribution in [2.24, 2.45) is 0 Å². The summed E-state index contributed by atoms with van der Waals surface area (Å²) in [5, 5.41) is 1.42. The van der Waals surface area contributed by atoms with Crippen molar-refractivity contribution in [3.05, 3.63) is 47.8 Å². The first-order chi connectivity index (χ1) is 7.93. The van der Waals surface area contributed by atoms with Gasteiger partial charge in [-0.3, -0.25) is 0 Å². The fourth-order valence-corrected chi connectivity index (χ4v) is 3.09. The normalized spacial score (nSPS) is 22.5. The van der Waals surface area contributed by atoms with Crippen LogP contribution in [0.25, 0.3) is 10.9 Å². The number of para-hydroxylation sites is 1. The summed E-state index contributed by atoms with van der Waals surface area (Å²) in [6.07, 6.45) is 6.85. The zero-order valence-corrected chi connectivity index (χ0v) is 9.11. The molecule has 1 atom stereocenters. The largest absolute Gasteiger partial charge is 0.369 e. The zero-order valence-electron chi connectivity index (χ0n) is 9.11. The molecule has 0 bridgehead atoms. The van der Waals surface area contributed by atoms with E-state index in [2.05, 4.69) is 46.4 Å². The van der Waals surface area contributed by atoms with E-state index in [9.17, 15) is 0 Å². The Bertz CT molecular complexity index is 579. The second kappa shape index (κ2) is 2.91. The number of H-pyrrole nitrogens is 1. The molecule has 80 valence electrons. The Labute approximate surface area is 94.6 Å². The van der Waals surface area contributed by atoms with Gasteiger partial charge in [-0.2, -0.15) is 0 Å². The molecule has 2 heteroatoms. The summed E-state index contributed by atoms with van der Waals surface area (Å²) in [5.41, 5.74) is 4.28. The third-order valence-corrected chi connectivity index (χ3v) is 3.86. The van der Waals surface area contributed by atoms with Crippen LogP contribution in [0, 0.1) is 0 Å². The molecule has 2 nitrogen and oxygen atoms in total. The van der Waals surface area contributed by atoms with Crippen molar-refractivity contribution in [1.29, 1.82) is 0 Å². The van der Waals surface area contributed by atoms with Gasteiger partial charge in [-0.1, -0.05) is 24.3 Å². The van der Waals surface area contributed by atoms with Gasteiger partial charge in [0.05, 0.1) is 6.04 Å². The molecule has 2 aliphatic heterocycles. The molecule has 0 amide bonds. The number of aromatic amines is 1. The lowest BCUT2D eigenvalue weighted by atomic mass is 9.98. The predicted molar refractivity (Wildman–Crippen MR) is 65.2 cm³/mol. The number of rotatable bonds is 0. The number of benzene rings is 1. The van der Waals surface area contributed by atoms with Crippen molar-refractivity contribution in [3.8, 4) is 0 Å². The van der Waals surface area contributed by atoms with Crippen molar-refractivity contribution in [3.63, 3.8) is 0 Å². The van der Waals surface area contributed by atoms with E-state index < -0.39 is 0 Å². The lowest BCUT2D eigenvalue weighted by Gasteiger charge is -2.30. The number of hydrogen-bond acceptors (Lipinski definition) is 1. The smallest absolute Gasteiger partial charge is 0.0724 e. The monoisotopic (exact) mass is 210 g/mol. The van der Waals surface area contributed by atoms with Gasteiger partial charge < -0.3 is 9.88 Å². The van der Waals surface area contributed by atoms with Gasteiger partial charge in [0.15, 0.2) is 0 Å². The summed E-state index contributed by atoms with van der Waals surface area (Å²) in [5.74, 6) is 0. The Balaban J connectivity index is 1.97. The lowest BCUT2D eigenvalue weighted by Crippen LogP contribution is -2.28. The SMILES string of the molecule is C1=CN2CCc3c([nH]c4ccccc34)C2C1. The summed E-state index contributed by atoms with van der Waals surface area (Å²) in [7, 11) is 0. The molecular weight excluding hydrogens is 196 g/mol. The first-order valence-corrected chi connectivity index (χ1v) is 5.95. The molecule has 0 aliphatic carbocycles. The molecule has 0 radical (unpaired) electrons. The summed E-state index contributed by atoms with van der Waals surface area (Å²) in [6.45, 7) is 1.16. The highest BCUT2D eigenvalue weighted by molar-refractivity contribution is 5.85. The maximum absolute atomic E-state index is 3.61. The molecule has 4 rings (SSSR count). The molecular formula is C14H14N2. The van der Waals surface area contributed by atoms with Gasteiger partial charge >= 0.3 is 0 Å². The molecule has 1 aromatic heterocycles. The lowest BCUT2D eigenvalue weighted by molar-refractivity contribution is 0.285. The zero-order chi connectivity index (χ0) is 10.5. The van der Waals surface area contributed by atoms with Crippen molar-refractivity contribution in [2.75, 3.05) is 6.54 Å². The summed E-state index contributed by atoms with van der Waals surface area (Å²) < 4.78 is 0. The summed E-state index contributed by atoms with van der Waals surface area (Å²) >= 11 is 0. The number of hydrogen-bond donors (Lipinski definition) is 1. The van der Waals surface area contributed by atoms with E-state index in [4.69, 9.17) is 0 Å². The molecule has 0 fully saturated rings. The number of nitrogens with one attached hydrogen (secondary N) is 1. The molecule has 0 spiro atoms. The van der Waals surface area contributed by atoms with Crippen molar-refractivity contribution in [2.45, 2.75) is 18.9 Å². The second-order valence-electron chi connectivity index (χ2n) is 4.69. The molecule has 1 unspecified atom stereocenters. The maximum atomic E-state index is 3.61. The predicted octanol–water partition coefficient (Wildman–Crippen LogP) is 2.98. The van der Waals surface area contributed by atoms with Gasteiger partial charge in [0.2, 0.25) is 0 Å². The molecule has 3 heterocycles. The Kier molecular flexibility index (Phi) is 1.54. The van der Waals surface area contributed by atoms with Crippen LogP contribution in [0.1, 0.15) is 23.7 Å². The highest BCUT2D eigenvalue weighted by Gasteiger charge is 2.29. The number of nitrogens with zero attached hydrogens (tertiary/aromatic N) is 1. The van der Waals surface area contributed by atoms with E-state index >= 15 is 0 Å². The topological polar surface area (TPSA) is 19.0 Å². The first kappa shape index (κ1) is 8.45. The standard InChI is InChI=1S/C14H14N2/c1-2-5-12-10(4-1)11-7-9-16-8-3-6-13(16)14(11)15-12/h1-5,8,13,15H,6-7,9H2. The van der Waals surface area contributed by atoms with Crippen molar-refractivity contribution >= 4 is 10.9 Å². The number of fused-ring (bicyclic) bond motifs is 5. The van der Waals surface area contributed by atoms with E-state index in [-0.39, 0.29) is 0 Å². The fraction of sp³-hybridized carbons (Fsp3) is 0.286. The van der Waals surface area contributed by atoms with Crippen LogP contribution >= 0.6 is 0 Å². The van der Waals surface area contributed by atoms with Crippen LogP contribution < -0.4 is 0 Å². The highest BCUT2D eigenvalue weighted by atomic mass is 15.2.